The Balaban J connectivity index is 1.85. The molecule has 21 heavy (non-hydrogen) atoms. The maximum Gasteiger partial charge on any atom is 0.137 e. The molecule has 0 spiro atoms. The van der Waals surface area contributed by atoms with E-state index in [4.69, 9.17) is 9.47 Å². The van der Waals surface area contributed by atoms with Crippen molar-refractivity contribution in [2.45, 2.75) is 19.4 Å². The summed E-state index contributed by atoms with van der Waals surface area (Å²) in [6.45, 7) is 10.4. The summed E-state index contributed by atoms with van der Waals surface area (Å²) in [5, 5.41) is 10.1. The van der Waals surface area contributed by atoms with Crippen molar-refractivity contribution < 1.29 is 19.5 Å². The smallest absolute Gasteiger partial charge is 0.137 e. The first-order valence-corrected chi connectivity index (χ1v) is 7.61. The number of ether oxygens (including phenoxy) is 2. The Morgan fingerprint density at radius 3 is 2.90 bits per heavy atom. The Morgan fingerprint density at radius 1 is 1.43 bits per heavy atom. The molecule has 0 unspecified atom stereocenters. The number of aliphatic hydroxyl groups is 1. The Hall–Kier alpha value is -1.36. The molecule has 0 radical (unpaired) electrons. The Labute approximate surface area is 127 Å². The largest absolute Gasteiger partial charge is 0.490 e. The van der Waals surface area contributed by atoms with Gasteiger partial charge in [0.25, 0.3) is 0 Å². The van der Waals surface area contributed by atoms with E-state index < -0.39 is 6.10 Å². The molecule has 1 aromatic rings. The van der Waals surface area contributed by atoms with Crippen LogP contribution in [0.5, 0.6) is 5.75 Å². The van der Waals surface area contributed by atoms with Gasteiger partial charge in [-0.3, -0.25) is 0 Å². The maximum atomic E-state index is 10.1. The fraction of sp³-hybridized carbons (Fsp3) is 0.529. The van der Waals surface area contributed by atoms with E-state index in [2.05, 4.69) is 19.6 Å². The van der Waals surface area contributed by atoms with Gasteiger partial charge in [0.1, 0.15) is 38.1 Å². The van der Waals surface area contributed by atoms with Crippen molar-refractivity contribution in [3.63, 3.8) is 0 Å². The van der Waals surface area contributed by atoms with Gasteiger partial charge in [-0.15, -0.1) is 6.58 Å². The van der Waals surface area contributed by atoms with E-state index in [-0.39, 0.29) is 0 Å². The Kier molecular flexibility index (Phi) is 6.23. The first kappa shape index (κ1) is 16.0. The number of aryl methyl sites for hydroxylation is 1. The molecule has 1 saturated heterocycles. The minimum absolute atomic E-state index is 0.331. The molecular weight excluding hydrogens is 266 g/mol. The fourth-order valence-electron chi connectivity index (χ4n) is 2.61. The second kappa shape index (κ2) is 8.17. The van der Waals surface area contributed by atoms with Gasteiger partial charge < -0.3 is 19.5 Å². The third-order valence-electron chi connectivity index (χ3n) is 3.74. The van der Waals surface area contributed by atoms with Crippen molar-refractivity contribution in [2.24, 2.45) is 0 Å². The SMILES string of the molecule is C=CCc1cc(C)ccc1OC[C@@H](O)C[NH+]1CCOCC1. The lowest BCUT2D eigenvalue weighted by molar-refractivity contribution is -0.911. The standard InChI is InChI=1S/C17H25NO3/c1-3-4-15-11-14(2)5-6-17(15)21-13-16(19)12-18-7-9-20-10-8-18/h3,5-6,11,16,19H,1,4,7-10,12-13H2,2H3/p+1/t16-/m0/s1. The van der Waals surface area contributed by atoms with Crippen LogP contribution in [0.15, 0.2) is 30.9 Å². The second-order valence-corrected chi connectivity index (χ2v) is 5.64. The number of nitrogens with one attached hydrogen (secondary N) is 1. The lowest BCUT2D eigenvalue weighted by Crippen LogP contribution is -3.15. The lowest BCUT2D eigenvalue weighted by atomic mass is 10.1. The monoisotopic (exact) mass is 292 g/mol. The van der Waals surface area contributed by atoms with E-state index in [9.17, 15) is 5.11 Å². The highest BCUT2D eigenvalue weighted by Crippen LogP contribution is 2.21. The van der Waals surface area contributed by atoms with Gasteiger partial charge in [0.15, 0.2) is 0 Å². The molecule has 0 aromatic heterocycles. The zero-order valence-corrected chi connectivity index (χ0v) is 12.8. The Morgan fingerprint density at radius 2 is 2.19 bits per heavy atom. The fourth-order valence-corrected chi connectivity index (χ4v) is 2.61. The highest BCUT2D eigenvalue weighted by Gasteiger charge is 2.18. The zero-order valence-electron chi connectivity index (χ0n) is 12.8. The van der Waals surface area contributed by atoms with Crippen molar-refractivity contribution in [2.75, 3.05) is 39.5 Å². The lowest BCUT2D eigenvalue weighted by Gasteiger charge is -2.25. The topological polar surface area (TPSA) is 43.1 Å². The van der Waals surface area contributed by atoms with E-state index in [1.54, 1.807) is 0 Å². The highest BCUT2D eigenvalue weighted by atomic mass is 16.5. The molecule has 1 aliphatic heterocycles. The molecule has 0 amide bonds. The minimum Gasteiger partial charge on any atom is -0.490 e. The minimum atomic E-state index is -0.448. The summed E-state index contributed by atoms with van der Waals surface area (Å²) in [6, 6.07) is 6.11. The number of allylic oxidation sites excluding steroid dienone is 1. The van der Waals surface area contributed by atoms with Gasteiger partial charge in [-0.05, 0) is 25.0 Å². The zero-order chi connectivity index (χ0) is 15.1. The number of quaternary nitrogens is 1. The van der Waals surface area contributed by atoms with E-state index in [0.717, 1.165) is 44.0 Å². The number of morpholine rings is 1. The molecule has 2 rings (SSSR count). The van der Waals surface area contributed by atoms with Gasteiger partial charge >= 0.3 is 0 Å². The van der Waals surface area contributed by atoms with Crippen molar-refractivity contribution in [3.05, 3.63) is 42.0 Å². The van der Waals surface area contributed by atoms with Crippen LogP contribution in [0.25, 0.3) is 0 Å². The van der Waals surface area contributed by atoms with Gasteiger partial charge in [0.05, 0.1) is 13.2 Å². The van der Waals surface area contributed by atoms with Gasteiger partial charge in [-0.1, -0.05) is 23.8 Å². The first-order chi connectivity index (χ1) is 10.2. The molecule has 1 atom stereocenters. The van der Waals surface area contributed by atoms with Crippen molar-refractivity contribution in [3.8, 4) is 5.75 Å². The molecule has 0 saturated carbocycles. The third-order valence-corrected chi connectivity index (χ3v) is 3.74. The number of hydrogen-bond acceptors (Lipinski definition) is 3. The quantitative estimate of drug-likeness (QED) is 0.714. The van der Waals surface area contributed by atoms with Crippen molar-refractivity contribution in [1.29, 1.82) is 0 Å². The number of benzene rings is 1. The van der Waals surface area contributed by atoms with E-state index in [0.29, 0.717) is 13.2 Å². The van der Waals surface area contributed by atoms with Crippen LogP contribution in [-0.4, -0.2) is 50.7 Å². The van der Waals surface area contributed by atoms with Crippen LogP contribution in [0.4, 0.5) is 0 Å². The summed E-state index contributed by atoms with van der Waals surface area (Å²) in [4.78, 5) is 1.38. The van der Waals surface area contributed by atoms with Crippen LogP contribution < -0.4 is 9.64 Å². The predicted molar refractivity (Wildman–Crippen MR) is 83.0 cm³/mol. The van der Waals surface area contributed by atoms with Gasteiger partial charge in [-0.2, -0.15) is 0 Å². The molecule has 2 N–H and O–H groups in total. The molecule has 4 nitrogen and oxygen atoms in total. The van der Waals surface area contributed by atoms with Crippen LogP contribution in [0, 0.1) is 6.92 Å². The number of rotatable bonds is 7. The van der Waals surface area contributed by atoms with Gasteiger partial charge in [-0.25, -0.2) is 0 Å². The normalized spacial score (nSPS) is 17.4. The second-order valence-electron chi connectivity index (χ2n) is 5.64. The van der Waals surface area contributed by atoms with Crippen molar-refractivity contribution in [1.82, 2.24) is 0 Å². The maximum absolute atomic E-state index is 10.1. The highest BCUT2D eigenvalue weighted by molar-refractivity contribution is 5.38. The Bertz CT molecular complexity index is 455. The van der Waals surface area contributed by atoms with E-state index in [1.807, 2.05) is 18.2 Å². The van der Waals surface area contributed by atoms with Crippen LogP contribution in [-0.2, 0) is 11.2 Å². The molecule has 4 heteroatoms. The number of aliphatic hydroxyl groups excluding tert-OH is 1. The van der Waals surface area contributed by atoms with Gasteiger partial charge in [0, 0.05) is 0 Å². The summed E-state index contributed by atoms with van der Waals surface area (Å²) >= 11 is 0. The van der Waals surface area contributed by atoms with Crippen LogP contribution in [0.1, 0.15) is 11.1 Å². The molecule has 1 aromatic carbocycles. The summed E-state index contributed by atoms with van der Waals surface area (Å²) in [6.07, 6.45) is 2.20. The van der Waals surface area contributed by atoms with Gasteiger partial charge in [0.2, 0.25) is 0 Å². The summed E-state index contributed by atoms with van der Waals surface area (Å²) < 4.78 is 11.1. The van der Waals surface area contributed by atoms with E-state index >= 15 is 0 Å². The first-order valence-electron chi connectivity index (χ1n) is 7.61. The molecule has 1 aliphatic rings. The predicted octanol–water partition coefficient (Wildman–Crippen LogP) is 0.378. The third kappa shape index (κ3) is 5.16. The van der Waals surface area contributed by atoms with Crippen LogP contribution >= 0.6 is 0 Å². The summed E-state index contributed by atoms with van der Waals surface area (Å²) in [5.74, 6) is 0.844. The molecule has 1 heterocycles. The van der Waals surface area contributed by atoms with Crippen LogP contribution in [0.3, 0.4) is 0 Å². The van der Waals surface area contributed by atoms with E-state index in [1.165, 1.54) is 10.5 Å². The summed E-state index contributed by atoms with van der Waals surface area (Å²) in [5.41, 5.74) is 2.33. The molecule has 0 aliphatic carbocycles. The summed E-state index contributed by atoms with van der Waals surface area (Å²) in [7, 11) is 0. The molecule has 116 valence electrons. The average Bonchev–Trinajstić information content (AvgIpc) is 2.48. The molecular formula is C17H26NO3+. The van der Waals surface area contributed by atoms with Crippen LogP contribution in [0.2, 0.25) is 0 Å². The van der Waals surface area contributed by atoms with Crippen molar-refractivity contribution >= 4 is 0 Å². The average molecular weight is 292 g/mol. The molecule has 0 bridgehead atoms. The molecule has 1 fully saturated rings. The number of hydrogen-bond donors (Lipinski definition) is 2.